The van der Waals surface area contributed by atoms with Crippen molar-refractivity contribution in [1.29, 1.82) is 0 Å². The molecule has 2 aromatic rings. The van der Waals surface area contributed by atoms with Crippen molar-refractivity contribution in [3.05, 3.63) is 47.0 Å². The average Bonchev–Trinajstić information content (AvgIpc) is 2.91. The molecule has 6 nitrogen and oxygen atoms in total. The molecule has 0 spiro atoms. The maximum atomic E-state index is 13.8. The molecule has 29 heavy (non-hydrogen) atoms. The fourth-order valence-electron chi connectivity index (χ4n) is 3.10. The number of aromatic nitrogens is 2. The number of nitrogens with one attached hydrogen (secondary N) is 2. The van der Waals surface area contributed by atoms with Gasteiger partial charge < -0.3 is 15.4 Å². The molecule has 0 saturated heterocycles. The second kappa shape index (κ2) is 12.0. The highest BCUT2D eigenvalue weighted by Gasteiger charge is 2.15. The maximum Gasteiger partial charge on any atom is 0.191 e. The molecule has 2 N–H and O–H groups in total. The van der Waals surface area contributed by atoms with Gasteiger partial charge in [0.2, 0.25) is 0 Å². The highest BCUT2D eigenvalue weighted by Crippen LogP contribution is 2.18. The van der Waals surface area contributed by atoms with E-state index in [0.717, 1.165) is 18.5 Å². The summed E-state index contributed by atoms with van der Waals surface area (Å²) in [5, 5.41) is 11.2. The minimum absolute atomic E-state index is 0. The Morgan fingerprint density at radius 2 is 2.00 bits per heavy atom. The number of hydrogen-bond donors (Lipinski definition) is 2. The number of aliphatic imine (C=N–C) groups is 1. The first-order chi connectivity index (χ1) is 13.3. The summed E-state index contributed by atoms with van der Waals surface area (Å²) in [6, 6.07) is 6.65. The highest BCUT2D eigenvalue weighted by atomic mass is 127. The minimum atomic E-state index is -0.348. The van der Waals surface area contributed by atoms with Crippen molar-refractivity contribution in [2.45, 2.75) is 52.7 Å². The van der Waals surface area contributed by atoms with E-state index in [1.807, 2.05) is 25.6 Å². The van der Waals surface area contributed by atoms with Crippen LogP contribution in [0.15, 0.2) is 29.3 Å². The largest absolute Gasteiger partial charge is 0.486 e. The third kappa shape index (κ3) is 7.17. The first kappa shape index (κ1) is 25.2. The van der Waals surface area contributed by atoms with Crippen LogP contribution >= 0.6 is 24.0 Å². The number of rotatable bonds is 8. The van der Waals surface area contributed by atoms with Crippen LogP contribution in [0.4, 0.5) is 4.39 Å². The van der Waals surface area contributed by atoms with Gasteiger partial charge in [0, 0.05) is 25.8 Å². The summed E-state index contributed by atoms with van der Waals surface area (Å²) < 4.78 is 21.5. The number of nitrogens with zero attached hydrogens (tertiary/aromatic N) is 3. The standard InChI is InChI=1S/C21H32FN5O.HI/c1-7-17(28-20-11-9-8-10-19(20)22)13-24-21(23-5)25-14(2)12-18-15(3)26-27(6)16(18)4;/h8-11,14,17H,7,12-13H2,1-6H3,(H2,23,24,25);1H. The SMILES string of the molecule is CCC(CNC(=NC)NC(C)Cc1c(C)nn(C)c1C)Oc1ccccc1F.I. The quantitative estimate of drug-likeness (QED) is 0.318. The van der Waals surface area contributed by atoms with Gasteiger partial charge in [0.15, 0.2) is 17.5 Å². The summed E-state index contributed by atoms with van der Waals surface area (Å²) in [7, 11) is 3.70. The molecule has 0 aliphatic carbocycles. The van der Waals surface area contributed by atoms with Gasteiger partial charge in [-0.2, -0.15) is 5.10 Å². The number of ether oxygens (including phenoxy) is 1. The number of halogens is 2. The van der Waals surface area contributed by atoms with Gasteiger partial charge in [-0.05, 0) is 51.3 Å². The lowest BCUT2D eigenvalue weighted by Crippen LogP contribution is -2.46. The van der Waals surface area contributed by atoms with Gasteiger partial charge in [0.25, 0.3) is 0 Å². The molecule has 1 aromatic carbocycles. The molecule has 2 atom stereocenters. The van der Waals surface area contributed by atoms with Crippen LogP contribution < -0.4 is 15.4 Å². The fourth-order valence-corrected chi connectivity index (χ4v) is 3.10. The lowest BCUT2D eigenvalue weighted by Gasteiger charge is -2.22. The minimum Gasteiger partial charge on any atom is -0.486 e. The van der Waals surface area contributed by atoms with Crippen LogP contribution in [0.1, 0.15) is 37.2 Å². The summed E-state index contributed by atoms with van der Waals surface area (Å²) in [5.74, 6) is 0.622. The summed E-state index contributed by atoms with van der Waals surface area (Å²) in [6.45, 7) is 8.78. The van der Waals surface area contributed by atoms with E-state index in [4.69, 9.17) is 4.74 Å². The van der Waals surface area contributed by atoms with E-state index in [-0.39, 0.29) is 47.7 Å². The normalized spacial score (nSPS) is 13.4. The zero-order valence-electron chi connectivity index (χ0n) is 18.1. The number of guanidine groups is 1. The molecule has 2 rings (SSSR count). The summed E-state index contributed by atoms with van der Waals surface area (Å²) in [6.07, 6.45) is 1.45. The van der Waals surface area contributed by atoms with Gasteiger partial charge in [-0.1, -0.05) is 19.1 Å². The molecular weight excluding hydrogens is 484 g/mol. The van der Waals surface area contributed by atoms with Gasteiger partial charge in [-0.25, -0.2) is 4.39 Å². The number of para-hydroxylation sites is 1. The zero-order valence-corrected chi connectivity index (χ0v) is 20.5. The molecule has 1 heterocycles. The number of benzene rings is 1. The van der Waals surface area contributed by atoms with Crippen molar-refractivity contribution in [2.24, 2.45) is 12.0 Å². The molecule has 0 fully saturated rings. The highest BCUT2D eigenvalue weighted by molar-refractivity contribution is 14.0. The zero-order chi connectivity index (χ0) is 20.7. The Hall–Kier alpha value is -1.84. The van der Waals surface area contributed by atoms with Gasteiger partial charge in [0.1, 0.15) is 6.10 Å². The van der Waals surface area contributed by atoms with E-state index >= 15 is 0 Å². The van der Waals surface area contributed by atoms with E-state index in [1.165, 1.54) is 17.3 Å². The van der Waals surface area contributed by atoms with Crippen LogP contribution in [0.3, 0.4) is 0 Å². The van der Waals surface area contributed by atoms with Crippen LogP contribution in [0.5, 0.6) is 5.75 Å². The van der Waals surface area contributed by atoms with Gasteiger partial charge in [-0.3, -0.25) is 9.67 Å². The fraction of sp³-hybridized carbons (Fsp3) is 0.524. The molecular formula is C21H33FIN5O. The van der Waals surface area contributed by atoms with Crippen molar-refractivity contribution in [1.82, 2.24) is 20.4 Å². The first-order valence-corrected chi connectivity index (χ1v) is 9.73. The van der Waals surface area contributed by atoms with Crippen LogP contribution in [-0.4, -0.2) is 41.5 Å². The summed E-state index contributed by atoms with van der Waals surface area (Å²) >= 11 is 0. The average molecular weight is 517 g/mol. The molecule has 8 heteroatoms. The molecule has 0 aliphatic rings. The Morgan fingerprint density at radius 1 is 1.31 bits per heavy atom. The van der Waals surface area contributed by atoms with E-state index < -0.39 is 0 Å². The number of hydrogen-bond acceptors (Lipinski definition) is 3. The smallest absolute Gasteiger partial charge is 0.191 e. The van der Waals surface area contributed by atoms with E-state index in [9.17, 15) is 4.39 Å². The van der Waals surface area contributed by atoms with Crippen LogP contribution in [0.2, 0.25) is 0 Å². The Bertz CT molecular complexity index is 808. The van der Waals surface area contributed by atoms with Gasteiger partial charge in [0.05, 0.1) is 12.2 Å². The van der Waals surface area contributed by atoms with Crippen LogP contribution in [0, 0.1) is 19.7 Å². The molecule has 0 bridgehead atoms. The third-order valence-electron chi connectivity index (χ3n) is 4.86. The topological polar surface area (TPSA) is 63.5 Å². The Labute approximate surface area is 190 Å². The second-order valence-electron chi connectivity index (χ2n) is 7.05. The molecule has 0 radical (unpaired) electrons. The van der Waals surface area contributed by atoms with E-state index in [1.54, 1.807) is 25.2 Å². The number of aryl methyl sites for hydroxylation is 2. The van der Waals surface area contributed by atoms with Crippen molar-refractivity contribution >= 4 is 29.9 Å². The summed E-state index contributed by atoms with van der Waals surface area (Å²) in [4.78, 5) is 4.29. The lowest BCUT2D eigenvalue weighted by molar-refractivity contribution is 0.191. The monoisotopic (exact) mass is 517 g/mol. The molecule has 0 aliphatic heterocycles. The first-order valence-electron chi connectivity index (χ1n) is 9.73. The lowest BCUT2D eigenvalue weighted by atomic mass is 10.1. The van der Waals surface area contributed by atoms with Crippen molar-refractivity contribution in [3.8, 4) is 5.75 Å². The van der Waals surface area contributed by atoms with Crippen LogP contribution in [0.25, 0.3) is 0 Å². The second-order valence-corrected chi connectivity index (χ2v) is 7.05. The van der Waals surface area contributed by atoms with E-state index in [0.29, 0.717) is 12.5 Å². The Morgan fingerprint density at radius 3 is 2.55 bits per heavy atom. The maximum absolute atomic E-state index is 13.8. The molecule has 2 unspecified atom stereocenters. The van der Waals surface area contributed by atoms with E-state index in [2.05, 4.69) is 34.6 Å². The van der Waals surface area contributed by atoms with Gasteiger partial charge >= 0.3 is 0 Å². The molecule has 0 amide bonds. The molecule has 162 valence electrons. The molecule has 1 aromatic heterocycles. The van der Waals surface area contributed by atoms with Crippen molar-refractivity contribution in [2.75, 3.05) is 13.6 Å². The Balaban J connectivity index is 0.00000420. The van der Waals surface area contributed by atoms with Crippen LogP contribution in [-0.2, 0) is 13.5 Å². The molecule has 0 saturated carbocycles. The van der Waals surface area contributed by atoms with Gasteiger partial charge in [-0.15, -0.1) is 24.0 Å². The van der Waals surface area contributed by atoms with Crippen molar-refractivity contribution in [3.63, 3.8) is 0 Å². The predicted octanol–water partition coefficient (Wildman–Crippen LogP) is 3.75. The third-order valence-corrected chi connectivity index (χ3v) is 4.86. The summed E-state index contributed by atoms with van der Waals surface area (Å²) in [5.41, 5.74) is 3.49. The Kier molecular flexibility index (Phi) is 10.4. The predicted molar refractivity (Wildman–Crippen MR) is 127 cm³/mol. The van der Waals surface area contributed by atoms with Crippen molar-refractivity contribution < 1.29 is 9.13 Å².